The fourth-order valence-corrected chi connectivity index (χ4v) is 2.21. The van der Waals surface area contributed by atoms with Crippen LogP contribution in [0.5, 0.6) is 0 Å². The van der Waals surface area contributed by atoms with Crippen molar-refractivity contribution in [1.29, 1.82) is 0 Å². The van der Waals surface area contributed by atoms with E-state index >= 15 is 0 Å². The van der Waals surface area contributed by atoms with E-state index in [2.05, 4.69) is 0 Å². The maximum absolute atomic E-state index is 10.5. The molecule has 0 aromatic heterocycles. The van der Waals surface area contributed by atoms with E-state index in [1.165, 1.54) is 12.1 Å². The van der Waals surface area contributed by atoms with Gasteiger partial charge < -0.3 is 9.47 Å². The van der Waals surface area contributed by atoms with Crippen LogP contribution in [-0.2, 0) is 9.47 Å². The van der Waals surface area contributed by atoms with Gasteiger partial charge in [-0.15, -0.1) is 0 Å². The third-order valence-electron chi connectivity index (χ3n) is 3.00. The molecule has 1 aliphatic heterocycles. The van der Waals surface area contributed by atoms with Crippen molar-refractivity contribution < 1.29 is 14.4 Å². The van der Waals surface area contributed by atoms with Crippen molar-refractivity contribution in [2.45, 2.75) is 11.5 Å². The number of non-ortho nitro benzene ring substituents is 1. The second-order valence-corrected chi connectivity index (χ2v) is 5.62. The molecule has 1 aromatic rings. The molecule has 1 aromatic carbocycles. The normalized spacial score (nSPS) is 22.9. The average molecular weight is 307 g/mol. The van der Waals surface area contributed by atoms with Gasteiger partial charge in [-0.25, -0.2) is 0 Å². The van der Waals surface area contributed by atoms with Crippen molar-refractivity contribution in [1.82, 2.24) is 0 Å². The first-order valence-electron chi connectivity index (χ1n) is 6.54. The summed E-state index contributed by atoms with van der Waals surface area (Å²) in [6, 6.07) is 6.39. The molecule has 5 nitrogen and oxygen atoms in total. The number of benzene rings is 1. The van der Waals surface area contributed by atoms with Gasteiger partial charge in [-0.1, -0.05) is 18.2 Å². The van der Waals surface area contributed by atoms with Crippen molar-refractivity contribution in [3.05, 3.63) is 58.2 Å². The van der Waals surface area contributed by atoms with Gasteiger partial charge in [0.05, 0.1) is 23.4 Å². The summed E-state index contributed by atoms with van der Waals surface area (Å²) in [6.07, 6.45) is 9.17. The maximum Gasteiger partial charge on any atom is 0.269 e. The van der Waals surface area contributed by atoms with Crippen LogP contribution in [0.2, 0.25) is 0 Å². The Hall–Kier alpha value is -1.63. The first-order valence-corrected chi connectivity index (χ1v) is 7.83. The smallest absolute Gasteiger partial charge is 0.269 e. The number of ether oxygens (including phenoxy) is 2. The van der Waals surface area contributed by atoms with Gasteiger partial charge >= 0.3 is 0 Å². The topological polar surface area (TPSA) is 61.6 Å². The number of rotatable bonds is 5. The molecule has 0 aliphatic carbocycles. The van der Waals surface area contributed by atoms with Crippen LogP contribution in [-0.4, -0.2) is 35.9 Å². The summed E-state index contributed by atoms with van der Waals surface area (Å²) in [5.41, 5.74) is 0.994. The largest absolute Gasteiger partial charge is 0.348 e. The summed E-state index contributed by atoms with van der Waals surface area (Å²) < 4.78 is 11.1. The fraction of sp³-hybridized carbons (Fsp3) is 0.333. The molecule has 0 amide bonds. The predicted octanol–water partition coefficient (Wildman–Crippen LogP) is 3.27. The Labute approximate surface area is 127 Å². The van der Waals surface area contributed by atoms with Gasteiger partial charge in [0.25, 0.3) is 5.69 Å². The highest BCUT2D eigenvalue weighted by molar-refractivity contribution is 7.99. The Balaban J connectivity index is 1.82. The van der Waals surface area contributed by atoms with E-state index in [0.717, 1.165) is 5.56 Å². The Morgan fingerprint density at radius 2 is 1.90 bits per heavy atom. The average Bonchev–Trinajstić information content (AvgIpc) is 2.52. The van der Waals surface area contributed by atoms with E-state index in [-0.39, 0.29) is 12.0 Å². The van der Waals surface area contributed by atoms with Gasteiger partial charge in [0, 0.05) is 12.1 Å². The number of nitro groups is 1. The van der Waals surface area contributed by atoms with Gasteiger partial charge in [0.2, 0.25) is 0 Å². The molecule has 21 heavy (non-hydrogen) atoms. The highest BCUT2D eigenvalue weighted by Crippen LogP contribution is 2.16. The molecule has 2 rings (SSSR count). The van der Waals surface area contributed by atoms with Crippen molar-refractivity contribution in [3.8, 4) is 0 Å². The van der Waals surface area contributed by atoms with Crippen LogP contribution in [0.3, 0.4) is 0 Å². The molecule has 0 atom stereocenters. The Morgan fingerprint density at radius 3 is 2.48 bits per heavy atom. The first-order chi connectivity index (χ1) is 10.2. The number of hydrogen-bond acceptors (Lipinski definition) is 5. The van der Waals surface area contributed by atoms with Crippen LogP contribution in [0, 0.1) is 10.1 Å². The minimum absolute atomic E-state index is 0.0926. The van der Waals surface area contributed by atoms with Crippen LogP contribution in [0.25, 0.3) is 6.08 Å². The molecule has 0 N–H and O–H groups in total. The Kier molecular flexibility index (Phi) is 5.98. The highest BCUT2D eigenvalue weighted by atomic mass is 32.2. The van der Waals surface area contributed by atoms with E-state index < -0.39 is 4.92 Å². The lowest BCUT2D eigenvalue weighted by Crippen LogP contribution is -2.32. The standard InChI is InChI=1S/C15H17NO4S/c1-21-14-10-19-15(20-11-14)5-3-2-4-12-6-8-13(9-7-12)16(17)18/h2-9,14-15H,10-11H2,1H3/b4-2+,5-3+. The van der Waals surface area contributed by atoms with Gasteiger partial charge in [-0.2, -0.15) is 11.8 Å². The molecule has 1 saturated heterocycles. The number of thioether (sulfide) groups is 1. The van der Waals surface area contributed by atoms with E-state index in [1.54, 1.807) is 23.9 Å². The maximum atomic E-state index is 10.5. The molecular weight excluding hydrogens is 290 g/mol. The molecule has 1 heterocycles. The van der Waals surface area contributed by atoms with E-state index in [9.17, 15) is 10.1 Å². The molecule has 0 bridgehead atoms. The molecule has 1 fully saturated rings. The Morgan fingerprint density at radius 1 is 1.24 bits per heavy atom. The third-order valence-corrected chi connectivity index (χ3v) is 3.94. The summed E-state index contributed by atoms with van der Waals surface area (Å²) in [7, 11) is 0. The van der Waals surface area contributed by atoms with Crippen molar-refractivity contribution >= 4 is 23.5 Å². The zero-order valence-corrected chi connectivity index (χ0v) is 12.5. The quantitative estimate of drug-likeness (QED) is 0.474. The SMILES string of the molecule is CSC1COC(/C=C/C=C/c2ccc([N+](=O)[O-])cc2)OC1. The summed E-state index contributed by atoms with van der Waals surface area (Å²) in [5.74, 6) is 0. The highest BCUT2D eigenvalue weighted by Gasteiger charge is 2.18. The van der Waals surface area contributed by atoms with Crippen LogP contribution in [0.4, 0.5) is 5.69 Å². The van der Waals surface area contributed by atoms with Crippen LogP contribution in [0.1, 0.15) is 5.56 Å². The lowest BCUT2D eigenvalue weighted by Gasteiger charge is -2.26. The zero-order valence-electron chi connectivity index (χ0n) is 11.7. The van der Waals surface area contributed by atoms with Crippen LogP contribution >= 0.6 is 11.8 Å². The number of allylic oxidation sites excluding steroid dienone is 2. The molecule has 0 saturated carbocycles. The van der Waals surface area contributed by atoms with Crippen molar-refractivity contribution in [2.24, 2.45) is 0 Å². The minimum Gasteiger partial charge on any atom is -0.348 e. The fourth-order valence-electron chi connectivity index (χ4n) is 1.78. The zero-order chi connectivity index (χ0) is 15.1. The van der Waals surface area contributed by atoms with E-state index in [4.69, 9.17) is 9.47 Å². The monoisotopic (exact) mass is 307 g/mol. The lowest BCUT2D eigenvalue weighted by molar-refractivity contribution is -0.384. The van der Waals surface area contributed by atoms with E-state index in [0.29, 0.717) is 18.5 Å². The van der Waals surface area contributed by atoms with Crippen LogP contribution in [0.15, 0.2) is 42.5 Å². The van der Waals surface area contributed by atoms with Gasteiger partial charge in [-0.05, 0) is 30.0 Å². The third kappa shape index (κ3) is 5.00. The minimum atomic E-state index is -0.410. The lowest BCUT2D eigenvalue weighted by atomic mass is 10.2. The summed E-state index contributed by atoms with van der Waals surface area (Å²) in [6.45, 7) is 1.39. The second-order valence-electron chi connectivity index (χ2n) is 4.49. The van der Waals surface area contributed by atoms with Crippen molar-refractivity contribution in [2.75, 3.05) is 19.5 Å². The summed E-state index contributed by atoms with van der Waals surface area (Å²) in [5, 5.41) is 10.9. The Bertz CT molecular complexity index is 519. The molecule has 1 aliphatic rings. The molecule has 0 radical (unpaired) electrons. The molecule has 0 spiro atoms. The van der Waals surface area contributed by atoms with Crippen LogP contribution < -0.4 is 0 Å². The summed E-state index contributed by atoms with van der Waals surface area (Å²) >= 11 is 1.74. The van der Waals surface area contributed by atoms with Gasteiger partial charge in [0.15, 0.2) is 6.29 Å². The molecule has 112 valence electrons. The predicted molar refractivity (Wildman–Crippen MR) is 84.3 cm³/mol. The number of nitro benzene ring substituents is 1. The van der Waals surface area contributed by atoms with Gasteiger partial charge in [0.1, 0.15) is 0 Å². The van der Waals surface area contributed by atoms with E-state index in [1.807, 2.05) is 30.6 Å². The summed E-state index contributed by atoms with van der Waals surface area (Å²) in [4.78, 5) is 10.1. The molecule has 6 heteroatoms. The number of hydrogen-bond donors (Lipinski definition) is 0. The molecule has 0 unspecified atom stereocenters. The molecular formula is C15H17NO4S. The van der Waals surface area contributed by atoms with Crippen molar-refractivity contribution in [3.63, 3.8) is 0 Å². The first kappa shape index (κ1) is 15.8. The van der Waals surface area contributed by atoms with Gasteiger partial charge in [-0.3, -0.25) is 10.1 Å². The second kappa shape index (κ2) is 7.97. The number of nitrogens with zero attached hydrogens (tertiary/aromatic N) is 1.